The van der Waals surface area contributed by atoms with E-state index >= 15 is 0 Å². The van der Waals surface area contributed by atoms with Gasteiger partial charge in [-0.1, -0.05) is 31.2 Å². The number of carbonyl (C=O) groups excluding carboxylic acids is 2. The quantitative estimate of drug-likeness (QED) is 0.396. The van der Waals surface area contributed by atoms with E-state index < -0.39 is 16.1 Å². The Balaban J connectivity index is 1.63. The summed E-state index contributed by atoms with van der Waals surface area (Å²) in [7, 11) is -3.55. The van der Waals surface area contributed by atoms with E-state index in [0.717, 1.165) is 18.7 Å². The summed E-state index contributed by atoms with van der Waals surface area (Å²) < 4.78 is 45.5. The van der Waals surface area contributed by atoms with Crippen LogP contribution in [-0.4, -0.2) is 82.0 Å². The Labute approximate surface area is 224 Å². The molecule has 0 aliphatic carbocycles. The topological polar surface area (TPSA) is 108 Å². The second-order valence-corrected chi connectivity index (χ2v) is 11.0. The summed E-state index contributed by atoms with van der Waals surface area (Å²) in [6, 6.07) is 11.5. The van der Waals surface area contributed by atoms with Gasteiger partial charge in [0, 0.05) is 45.7 Å². The molecule has 2 aromatic carbocycles. The number of sulfonamides is 1. The molecular formula is C27H37FN4O5S. The molecule has 1 saturated heterocycles. The lowest BCUT2D eigenvalue weighted by atomic mass is 10.1. The zero-order valence-electron chi connectivity index (χ0n) is 22.0. The molecule has 208 valence electrons. The SMILES string of the molecule is CCNS(=O)(=O)c1ccc(CCC(=O)N(Cc2ccc(F)cc2)[C@@H](C)C(=O)NCCN2CCOCC2)cc1. The fourth-order valence-corrected chi connectivity index (χ4v) is 5.22. The third-order valence-electron chi connectivity index (χ3n) is 6.46. The summed E-state index contributed by atoms with van der Waals surface area (Å²) >= 11 is 0. The molecule has 1 heterocycles. The molecule has 0 saturated carbocycles. The molecule has 0 aromatic heterocycles. The van der Waals surface area contributed by atoms with Gasteiger partial charge in [-0.05, 0) is 48.7 Å². The fourth-order valence-electron chi connectivity index (χ4n) is 4.18. The normalized spacial score (nSPS) is 15.1. The standard InChI is InChI=1S/C27H37FN4O5S/c1-3-30-38(35,36)25-11-6-22(7-12-25)8-13-26(33)32(20-23-4-9-24(28)10-5-23)21(2)27(34)29-14-15-31-16-18-37-19-17-31/h4-7,9-12,21,30H,3,8,13-20H2,1-2H3,(H,29,34)/t21-/m0/s1. The highest BCUT2D eigenvalue weighted by molar-refractivity contribution is 7.89. The summed E-state index contributed by atoms with van der Waals surface area (Å²) in [6.45, 7) is 8.02. The van der Waals surface area contributed by atoms with Crippen molar-refractivity contribution in [2.45, 2.75) is 44.2 Å². The Hall–Kier alpha value is -2.86. The van der Waals surface area contributed by atoms with Crippen LogP contribution in [0.25, 0.3) is 0 Å². The molecule has 1 fully saturated rings. The first-order valence-electron chi connectivity index (χ1n) is 12.9. The molecule has 9 nitrogen and oxygen atoms in total. The molecule has 11 heteroatoms. The van der Waals surface area contributed by atoms with Crippen molar-refractivity contribution in [3.63, 3.8) is 0 Å². The molecule has 1 aliphatic rings. The molecule has 2 N–H and O–H groups in total. The van der Waals surface area contributed by atoms with Crippen molar-refractivity contribution < 1.29 is 27.1 Å². The Kier molecular flexibility index (Phi) is 11.2. The van der Waals surface area contributed by atoms with Crippen molar-refractivity contribution in [1.29, 1.82) is 0 Å². The predicted molar refractivity (Wildman–Crippen MR) is 142 cm³/mol. The van der Waals surface area contributed by atoms with E-state index in [9.17, 15) is 22.4 Å². The van der Waals surface area contributed by atoms with Crippen LogP contribution in [0, 0.1) is 5.82 Å². The van der Waals surface area contributed by atoms with Gasteiger partial charge in [0.05, 0.1) is 18.1 Å². The van der Waals surface area contributed by atoms with Gasteiger partial charge in [0.15, 0.2) is 0 Å². The number of benzene rings is 2. The molecule has 0 radical (unpaired) electrons. The van der Waals surface area contributed by atoms with Crippen molar-refractivity contribution >= 4 is 21.8 Å². The van der Waals surface area contributed by atoms with E-state index in [1.165, 1.54) is 29.2 Å². The maximum absolute atomic E-state index is 13.4. The maximum Gasteiger partial charge on any atom is 0.242 e. The second-order valence-electron chi connectivity index (χ2n) is 9.21. The largest absolute Gasteiger partial charge is 0.379 e. The van der Waals surface area contributed by atoms with Crippen molar-refractivity contribution in [3.05, 3.63) is 65.5 Å². The fraction of sp³-hybridized carbons (Fsp3) is 0.481. The van der Waals surface area contributed by atoms with Crippen LogP contribution in [0.4, 0.5) is 4.39 Å². The summed E-state index contributed by atoms with van der Waals surface area (Å²) in [5, 5.41) is 2.93. The minimum absolute atomic E-state index is 0.131. The summed E-state index contributed by atoms with van der Waals surface area (Å²) in [6.07, 6.45) is 0.511. The van der Waals surface area contributed by atoms with Crippen LogP contribution in [-0.2, 0) is 37.3 Å². The highest BCUT2D eigenvalue weighted by Gasteiger charge is 2.26. The molecular weight excluding hydrogens is 511 g/mol. The van der Waals surface area contributed by atoms with Gasteiger partial charge in [-0.3, -0.25) is 14.5 Å². The average molecular weight is 549 g/mol. The predicted octanol–water partition coefficient (Wildman–Crippen LogP) is 1.92. The molecule has 0 bridgehead atoms. The highest BCUT2D eigenvalue weighted by Crippen LogP contribution is 2.15. The van der Waals surface area contributed by atoms with Crippen molar-refractivity contribution in [3.8, 4) is 0 Å². The van der Waals surface area contributed by atoms with Crippen LogP contribution >= 0.6 is 0 Å². The van der Waals surface area contributed by atoms with Crippen LogP contribution in [0.5, 0.6) is 0 Å². The lowest BCUT2D eigenvalue weighted by molar-refractivity contribution is -0.140. The third-order valence-corrected chi connectivity index (χ3v) is 8.02. The second kappa shape index (κ2) is 14.3. The minimum Gasteiger partial charge on any atom is -0.379 e. The molecule has 0 spiro atoms. The van der Waals surface area contributed by atoms with Crippen LogP contribution < -0.4 is 10.0 Å². The number of halogens is 1. The number of morpholine rings is 1. The number of carbonyl (C=O) groups is 2. The average Bonchev–Trinajstić information content (AvgIpc) is 2.91. The molecule has 1 atom stereocenters. The molecule has 0 unspecified atom stereocenters. The number of nitrogens with zero attached hydrogens (tertiary/aromatic N) is 2. The minimum atomic E-state index is -3.55. The summed E-state index contributed by atoms with van der Waals surface area (Å²) in [4.78, 5) is 30.1. The smallest absolute Gasteiger partial charge is 0.242 e. The lowest BCUT2D eigenvalue weighted by Crippen LogP contribution is -2.49. The molecule has 3 rings (SSSR count). The van der Waals surface area contributed by atoms with Crippen molar-refractivity contribution in [1.82, 2.24) is 19.8 Å². The maximum atomic E-state index is 13.4. The van der Waals surface area contributed by atoms with Gasteiger partial charge in [0.25, 0.3) is 0 Å². The zero-order chi connectivity index (χ0) is 27.5. The Bertz CT molecular complexity index is 1150. The monoisotopic (exact) mass is 548 g/mol. The van der Waals surface area contributed by atoms with Gasteiger partial charge in [0.2, 0.25) is 21.8 Å². The number of rotatable bonds is 13. The Morgan fingerprint density at radius 2 is 1.68 bits per heavy atom. The van der Waals surface area contributed by atoms with E-state index in [0.29, 0.717) is 44.8 Å². The number of hydrogen-bond donors (Lipinski definition) is 2. The van der Waals surface area contributed by atoms with Crippen molar-refractivity contribution in [2.75, 3.05) is 45.9 Å². The molecule has 2 amide bonds. The lowest BCUT2D eigenvalue weighted by Gasteiger charge is -2.30. The summed E-state index contributed by atoms with van der Waals surface area (Å²) in [5.74, 6) is -0.860. The van der Waals surface area contributed by atoms with Gasteiger partial charge >= 0.3 is 0 Å². The Morgan fingerprint density at radius 3 is 2.32 bits per heavy atom. The molecule has 2 aromatic rings. The van der Waals surface area contributed by atoms with Crippen LogP contribution in [0.15, 0.2) is 53.4 Å². The van der Waals surface area contributed by atoms with Gasteiger partial charge in [-0.25, -0.2) is 17.5 Å². The molecule has 1 aliphatic heterocycles. The van der Waals surface area contributed by atoms with Crippen LogP contribution in [0.2, 0.25) is 0 Å². The van der Waals surface area contributed by atoms with Gasteiger partial charge in [-0.2, -0.15) is 0 Å². The van der Waals surface area contributed by atoms with E-state index in [-0.39, 0.29) is 35.5 Å². The zero-order valence-corrected chi connectivity index (χ0v) is 22.8. The van der Waals surface area contributed by atoms with E-state index in [1.54, 1.807) is 38.1 Å². The third kappa shape index (κ3) is 8.87. The van der Waals surface area contributed by atoms with Crippen LogP contribution in [0.3, 0.4) is 0 Å². The first kappa shape index (κ1) is 29.7. The number of aryl methyl sites for hydroxylation is 1. The highest BCUT2D eigenvalue weighted by atomic mass is 32.2. The van der Waals surface area contributed by atoms with Gasteiger partial charge in [-0.15, -0.1) is 0 Å². The van der Waals surface area contributed by atoms with Gasteiger partial charge < -0.3 is 15.0 Å². The number of nitrogens with one attached hydrogen (secondary N) is 2. The van der Waals surface area contributed by atoms with E-state index in [4.69, 9.17) is 4.74 Å². The van der Waals surface area contributed by atoms with E-state index in [1.807, 2.05) is 0 Å². The summed E-state index contributed by atoms with van der Waals surface area (Å²) in [5.41, 5.74) is 1.52. The van der Waals surface area contributed by atoms with Crippen molar-refractivity contribution in [2.24, 2.45) is 0 Å². The first-order valence-corrected chi connectivity index (χ1v) is 14.4. The Morgan fingerprint density at radius 1 is 1.05 bits per heavy atom. The molecule has 38 heavy (non-hydrogen) atoms. The van der Waals surface area contributed by atoms with Crippen LogP contribution in [0.1, 0.15) is 31.4 Å². The van der Waals surface area contributed by atoms with E-state index in [2.05, 4.69) is 14.9 Å². The van der Waals surface area contributed by atoms with Gasteiger partial charge in [0.1, 0.15) is 11.9 Å². The number of amides is 2. The number of ether oxygens (including phenoxy) is 1. The first-order chi connectivity index (χ1) is 18.2. The number of hydrogen-bond acceptors (Lipinski definition) is 6.